The van der Waals surface area contributed by atoms with Gasteiger partial charge in [-0.25, -0.2) is 4.79 Å². The summed E-state index contributed by atoms with van der Waals surface area (Å²) in [6, 6.07) is 15.6. The van der Waals surface area contributed by atoms with E-state index in [9.17, 15) is 32.3 Å². The predicted octanol–water partition coefficient (Wildman–Crippen LogP) is 3.33. The van der Waals surface area contributed by atoms with E-state index < -0.39 is 36.5 Å². The number of primary amides is 2. The van der Waals surface area contributed by atoms with Gasteiger partial charge < -0.3 is 27.4 Å². The molecule has 0 atom stereocenters. The molecule has 0 spiro atoms. The number of halogens is 3. The number of hydrogen-bond acceptors (Lipinski definition) is 7. The lowest BCUT2D eigenvalue weighted by atomic mass is 9.94. The number of carbonyl (C=O) groups is 5. The topological polar surface area (TPSA) is 207 Å². The molecule has 43 heavy (non-hydrogen) atoms. The summed E-state index contributed by atoms with van der Waals surface area (Å²) in [5, 5.41) is 16.2. The highest BCUT2D eigenvalue weighted by Crippen LogP contribution is 2.34. The van der Waals surface area contributed by atoms with Crippen LogP contribution in [0.2, 0.25) is 0 Å². The Morgan fingerprint density at radius 3 is 2.00 bits per heavy atom. The molecular weight excluding hydrogens is 593 g/mol. The molecule has 8 N–H and O–H groups in total. The third-order valence-electron chi connectivity index (χ3n) is 5.90. The van der Waals surface area contributed by atoms with Crippen LogP contribution in [0.1, 0.15) is 59.2 Å². The number of aryl methyl sites for hydroxylation is 1. The number of hydrogen-bond donors (Lipinski definition) is 5. The number of rotatable bonds is 7. The van der Waals surface area contributed by atoms with Crippen molar-refractivity contribution in [1.82, 2.24) is 0 Å². The van der Waals surface area contributed by atoms with Gasteiger partial charge in [-0.05, 0) is 61.1 Å². The van der Waals surface area contributed by atoms with Crippen LogP contribution < -0.4 is 22.1 Å². The number of thiophene rings is 1. The molecule has 0 fully saturated rings. The van der Waals surface area contributed by atoms with Crippen molar-refractivity contribution < 1.29 is 47.4 Å². The molecule has 3 amide bonds. The third kappa shape index (κ3) is 9.93. The molecule has 1 aliphatic rings. The quantitative estimate of drug-likeness (QED) is 0.263. The number of alkyl halides is 3. The van der Waals surface area contributed by atoms with E-state index >= 15 is 0 Å². The number of amides is 3. The van der Waals surface area contributed by atoms with Crippen LogP contribution in [0.3, 0.4) is 0 Å². The number of carboxylic acids is 2. The predicted molar refractivity (Wildman–Crippen MR) is 152 cm³/mol. The van der Waals surface area contributed by atoms with Crippen LogP contribution in [-0.4, -0.2) is 52.6 Å². The van der Waals surface area contributed by atoms with E-state index in [1.165, 1.54) is 16.2 Å². The third-order valence-corrected chi connectivity index (χ3v) is 7.21. The molecule has 1 heterocycles. The normalized spacial score (nSPS) is 11.9. The number of fused-ring (bicyclic) bond motifs is 1. The minimum absolute atomic E-state index is 0.325. The van der Waals surface area contributed by atoms with Crippen molar-refractivity contribution in [3.63, 3.8) is 0 Å². The monoisotopic (exact) mass is 622 g/mol. The molecule has 0 saturated carbocycles. The molecule has 3 aromatic rings. The van der Waals surface area contributed by atoms with E-state index in [1.807, 2.05) is 12.1 Å². The van der Waals surface area contributed by atoms with Gasteiger partial charge in [0.25, 0.3) is 17.7 Å². The zero-order chi connectivity index (χ0) is 32.3. The van der Waals surface area contributed by atoms with Crippen molar-refractivity contribution in [2.75, 3.05) is 11.4 Å². The molecule has 1 aromatic heterocycles. The van der Waals surface area contributed by atoms with Crippen LogP contribution in [0, 0.1) is 0 Å². The van der Waals surface area contributed by atoms with Crippen molar-refractivity contribution in [1.29, 1.82) is 0 Å². The highest BCUT2D eigenvalue weighted by atomic mass is 32.1. The van der Waals surface area contributed by atoms with Gasteiger partial charge in [-0.3, -0.25) is 24.1 Å². The summed E-state index contributed by atoms with van der Waals surface area (Å²) < 4.78 is 31.7. The minimum Gasteiger partial charge on any atom is -0.480 e. The van der Waals surface area contributed by atoms with Crippen molar-refractivity contribution in [3.8, 4) is 0 Å². The van der Waals surface area contributed by atoms with Crippen molar-refractivity contribution in [2.24, 2.45) is 17.2 Å². The summed E-state index contributed by atoms with van der Waals surface area (Å²) in [5.41, 5.74) is 19.2. The van der Waals surface area contributed by atoms with Gasteiger partial charge >= 0.3 is 18.1 Å². The first-order chi connectivity index (χ1) is 20.2. The molecule has 2 aromatic carbocycles. The molecule has 0 aliphatic heterocycles. The molecule has 15 heteroatoms. The number of benzene rings is 2. The number of nitrogens with two attached hydrogens (primary N) is 3. The fourth-order valence-corrected chi connectivity index (χ4v) is 5.26. The minimum atomic E-state index is -5.08. The zero-order valence-corrected chi connectivity index (χ0v) is 23.4. The molecule has 0 unspecified atom stereocenters. The van der Waals surface area contributed by atoms with Gasteiger partial charge in [0.2, 0.25) is 0 Å². The van der Waals surface area contributed by atoms with E-state index in [-0.39, 0.29) is 5.91 Å². The molecule has 1 aliphatic carbocycles. The summed E-state index contributed by atoms with van der Waals surface area (Å²) >= 11 is 1.32. The Kier molecular flexibility index (Phi) is 12.4. The molecular formula is C28H29F3N4O7S. The zero-order valence-electron chi connectivity index (χ0n) is 22.6. The first kappa shape index (κ1) is 34.4. The van der Waals surface area contributed by atoms with Crippen LogP contribution in [0.5, 0.6) is 0 Å². The Bertz CT molecular complexity index is 1480. The maximum absolute atomic E-state index is 12.6. The summed E-state index contributed by atoms with van der Waals surface area (Å²) in [6.07, 6.45) is -1.18. The Morgan fingerprint density at radius 1 is 0.884 bits per heavy atom. The van der Waals surface area contributed by atoms with E-state index in [4.69, 9.17) is 32.2 Å². The van der Waals surface area contributed by atoms with Crippen LogP contribution in [0.25, 0.3) is 0 Å². The Morgan fingerprint density at radius 2 is 1.49 bits per heavy atom. The highest BCUT2D eigenvalue weighted by Gasteiger charge is 2.38. The lowest BCUT2D eigenvalue weighted by Gasteiger charge is -2.21. The van der Waals surface area contributed by atoms with Gasteiger partial charge in [-0.15, -0.1) is 11.3 Å². The maximum atomic E-state index is 12.6. The van der Waals surface area contributed by atoms with Gasteiger partial charge in [-0.2, -0.15) is 13.2 Å². The van der Waals surface area contributed by atoms with Crippen LogP contribution >= 0.6 is 11.3 Å². The number of nitrogens with zero attached hydrogens (tertiary/aromatic N) is 1. The average Bonchev–Trinajstić information content (AvgIpc) is 3.37. The summed E-state index contributed by atoms with van der Waals surface area (Å²) in [6.45, 7) is -0.0684. The Balaban J connectivity index is 0.000000255. The number of carbonyl (C=O) groups excluding carboxylic acids is 3. The molecule has 4 rings (SSSR count). The van der Waals surface area contributed by atoms with E-state index in [0.717, 1.165) is 41.7 Å². The van der Waals surface area contributed by atoms with Gasteiger partial charge in [0.15, 0.2) is 0 Å². The van der Waals surface area contributed by atoms with Crippen LogP contribution in [0.4, 0.5) is 18.9 Å². The van der Waals surface area contributed by atoms with Crippen molar-refractivity contribution in [2.45, 2.75) is 38.4 Å². The number of anilines is 1. The van der Waals surface area contributed by atoms with Gasteiger partial charge in [-0.1, -0.05) is 30.3 Å². The largest absolute Gasteiger partial charge is 0.490 e. The lowest BCUT2D eigenvalue weighted by Crippen LogP contribution is -2.35. The van der Waals surface area contributed by atoms with Gasteiger partial charge in [0.1, 0.15) is 11.4 Å². The van der Waals surface area contributed by atoms with E-state index in [1.54, 1.807) is 42.5 Å². The van der Waals surface area contributed by atoms with Crippen molar-refractivity contribution >= 4 is 46.7 Å². The summed E-state index contributed by atoms with van der Waals surface area (Å²) in [4.78, 5) is 57.6. The Labute approximate surface area is 247 Å². The second-order valence-corrected chi connectivity index (χ2v) is 10.1. The lowest BCUT2D eigenvalue weighted by molar-refractivity contribution is -0.192. The second kappa shape index (κ2) is 15.5. The van der Waals surface area contributed by atoms with E-state index in [2.05, 4.69) is 0 Å². The summed E-state index contributed by atoms with van der Waals surface area (Å²) in [7, 11) is 0. The number of aliphatic carboxylic acids is 2. The van der Waals surface area contributed by atoms with Gasteiger partial charge in [0, 0.05) is 22.7 Å². The van der Waals surface area contributed by atoms with Crippen LogP contribution in [-0.2, 0) is 29.0 Å². The molecule has 0 bridgehead atoms. The number of carboxylic acid groups (broad SMARTS) is 2. The first-order valence-electron chi connectivity index (χ1n) is 12.6. The first-order valence-corrected chi connectivity index (χ1v) is 13.4. The molecule has 11 nitrogen and oxygen atoms in total. The SMILES string of the molecule is NC(=O)c1sc2c(c1C(N)=O)CCCC2.NCc1cccc(C(=O)N(CC(=O)O)c2ccccc2)c1.O=C(O)C(F)(F)F. The van der Waals surface area contributed by atoms with E-state index in [0.29, 0.717) is 28.2 Å². The smallest absolute Gasteiger partial charge is 0.480 e. The standard InChI is InChI=1S/C16H16N2O3.C10H12N2O2S.C2HF3O2/c17-10-12-5-4-6-13(9-12)16(21)18(11-15(19)20)14-7-2-1-3-8-14;11-9(13)7-5-3-1-2-4-6(5)15-8(7)10(12)14;3-2(4,5)1(6)7/h1-9H,10-11,17H2,(H,19,20);1-4H2,(H2,11,13)(H2,12,14);(H,6,7). The van der Waals surface area contributed by atoms with Crippen LogP contribution in [0.15, 0.2) is 54.6 Å². The molecule has 230 valence electrons. The Hall–Kier alpha value is -4.76. The average molecular weight is 623 g/mol. The molecule has 0 saturated heterocycles. The second-order valence-electron chi connectivity index (χ2n) is 8.97. The fraction of sp³-hybridized carbons (Fsp3) is 0.250. The highest BCUT2D eigenvalue weighted by molar-refractivity contribution is 7.14. The molecule has 0 radical (unpaired) electrons. The maximum Gasteiger partial charge on any atom is 0.490 e. The fourth-order valence-electron chi connectivity index (χ4n) is 4.01. The van der Waals surface area contributed by atoms with Gasteiger partial charge in [0.05, 0.1) is 5.56 Å². The summed E-state index contributed by atoms with van der Waals surface area (Å²) in [5.74, 6) is -5.28. The van der Waals surface area contributed by atoms with Crippen molar-refractivity contribution in [3.05, 3.63) is 86.6 Å². The number of para-hydroxylation sites is 1.